The van der Waals surface area contributed by atoms with Crippen molar-refractivity contribution in [3.63, 3.8) is 0 Å². The van der Waals surface area contributed by atoms with Gasteiger partial charge in [-0.1, -0.05) is 19.9 Å². The van der Waals surface area contributed by atoms with Gasteiger partial charge in [-0.3, -0.25) is 14.6 Å². The fourth-order valence-corrected chi connectivity index (χ4v) is 5.42. The minimum absolute atomic E-state index is 0.0991. The number of pyridine rings is 1. The molecule has 3 rings (SSSR count). The summed E-state index contributed by atoms with van der Waals surface area (Å²) in [5.41, 5.74) is 1.52. The standard InChI is InChI=1S/C23H30N4O4S/c1-5-26(6-2)32(30,31)21-11-9-20(10-12-21)27-16-19(14-22(27)28)23(29)25(4)17(3)18-8-7-13-24-15-18/h7-13,15,17,19H,5-6,14,16H2,1-4H3/t17-,19-/m1/s1. The van der Waals surface area contributed by atoms with Crippen LogP contribution in [0.5, 0.6) is 0 Å². The summed E-state index contributed by atoms with van der Waals surface area (Å²) >= 11 is 0. The van der Waals surface area contributed by atoms with E-state index in [1.54, 1.807) is 55.2 Å². The molecule has 2 amide bonds. The Labute approximate surface area is 189 Å². The summed E-state index contributed by atoms with van der Waals surface area (Å²) in [6, 6.07) is 9.87. The average Bonchev–Trinajstić information content (AvgIpc) is 3.20. The number of carbonyl (C=O) groups is 2. The average molecular weight is 459 g/mol. The predicted octanol–water partition coefficient (Wildman–Crippen LogP) is 2.68. The van der Waals surface area contributed by atoms with Gasteiger partial charge in [-0.25, -0.2) is 8.42 Å². The number of nitrogens with zero attached hydrogens (tertiary/aromatic N) is 4. The highest BCUT2D eigenvalue weighted by molar-refractivity contribution is 7.89. The van der Waals surface area contributed by atoms with Crippen molar-refractivity contribution < 1.29 is 18.0 Å². The zero-order valence-corrected chi connectivity index (χ0v) is 19.7. The minimum Gasteiger partial charge on any atom is -0.339 e. The highest BCUT2D eigenvalue weighted by Gasteiger charge is 2.37. The lowest BCUT2D eigenvalue weighted by atomic mass is 10.0. The van der Waals surface area contributed by atoms with E-state index < -0.39 is 15.9 Å². The summed E-state index contributed by atoms with van der Waals surface area (Å²) in [7, 11) is -1.83. The summed E-state index contributed by atoms with van der Waals surface area (Å²) < 4.78 is 26.7. The van der Waals surface area contributed by atoms with E-state index in [2.05, 4.69) is 4.98 Å². The Bertz CT molecular complexity index is 1050. The van der Waals surface area contributed by atoms with Crippen LogP contribution in [0.25, 0.3) is 0 Å². The quantitative estimate of drug-likeness (QED) is 0.607. The molecule has 0 spiro atoms. The summed E-state index contributed by atoms with van der Waals surface area (Å²) in [6.45, 7) is 6.56. The molecule has 0 unspecified atom stereocenters. The van der Waals surface area contributed by atoms with Gasteiger partial charge in [0.1, 0.15) is 0 Å². The first-order valence-electron chi connectivity index (χ1n) is 10.8. The summed E-state index contributed by atoms with van der Waals surface area (Å²) in [5, 5.41) is 0. The summed E-state index contributed by atoms with van der Waals surface area (Å²) in [5.74, 6) is -0.700. The first-order chi connectivity index (χ1) is 15.2. The zero-order valence-electron chi connectivity index (χ0n) is 18.9. The van der Waals surface area contributed by atoms with Crippen LogP contribution in [0.3, 0.4) is 0 Å². The third-order valence-corrected chi connectivity index (χ3v) is 8.13. The Balaban J connectivity index is 1.72. The van der Waals surface area contributed by atoms with Gasteiger partial charge in [-0.2, -0.15) is 4.31 Å². The van der Waals surface area contributed by atoms with Crippen LogP contribution in [0, 0.1) is 5.92 Å². The molecule has 32 heavy (non-hydrogen) atoms. The Kier molecular flexibility index (Phi) is 7.30. The third-order valence-electron chi connectivity index (χ3n) is 6.06. The number of carbonyl (C=O) groups excluding carboxylic acids is 2. The van der Waals surface area contributed by atoms with Gasteiger partial charge in [0, 0.05) is 51.2 Å². The maximum Gasteiger partial charge on any atom is 0.243 e. The summed E-state index contributed by atoms with van der Waals surface area (Å²) in [4.78, 5) is 33.2. The molecular formula is C23H30N4O4S. The van der Waals surface area contributed by atoms with Gasteiger partial charge < -0.3 is 9.80 Å². The molecule has 0 radical (unpaired) electrons. The van der Waals surface area contributed by atoms with Crippen LogP contribution in [0.15, 0.2) is 53.7 Å². The van der Waals surface area contributed by atoms with Gasteiger partial charge in [0.25, 0.3) is 0 Å². The third kappa shape index (κ3) is 4.68. The van der Waals surface area contributed by atoms with Crippen LogP contribution in [0.4, 0.5) is 5.69 Å². The second kappa shape index (κ2) is 9.79. The normalized spacial score (nSPS) is 17.6. The van der Waals surface area contributed by atoms with Crippen molar-refractivity contribution in [3.8, 4) is 0 Å². The predicted molar refractivity (Wildman–Crippen MR) is 122 cm³/mol. The molecule has 1 aromatic heterocycles. The van der Waals surface area contributed by atoms with E-state index in [1.807, 2.05) is 19.1 Å². The SMILES string of the molecule is CCN(CC)S(=O)(=O)c1ccc(N2C[C@H](C(=O)N(C)[C@H](C)c3cccnc3)CC2=O)cc1. The molecule has 2 heterocycles. The molecule has 1 fully saturated rings. The van der Waals surface area contributed by atoms with Gasteiger partial charge in [0.05, 0.1) is 16.9 Å². The summed E-state index contributed by atoms with van der Waals surface area (Å²) in [6.07, 6.45) is 3.54. The fraction of sp³-hybridized carbons (Fsp3) is 0.435. The Morgan fingerprint density at radius 2 is 1.84 bits per heavy atom. The van der Waals surface area contributed by atoms with Gasteiger partial charge in [-0.15, -0.1) is 0 Å². The molecule has 0 aliphatic carbocycles. The molecule has 0 saturated carbocycles. The van der Waals surface area contributed by atoms with Crippen molar-refractivity contribution in [1.29, 1.82) is 0 Å². The van der Waals surface area contributed by atoms with Gasteiger partial charge in [0.2, 0.25) is 21.8 Å². The second-order valence-corrected chi connectivity index (χ2v) is 9.84. The molecular weight excluding hydrogens is 428 g/mol. The molecule has 2 atom stereocenters. The molecule has 0 bridgehead atoms. The lowest BCUT2D eigenvalue weighted by molar-refractivity contribution is -0.136. The van der Waals surface area contributed by atoms with Crippen molar-refractivity contribution in [2.45, 2.75) is 38.1 Å². The van der Waals surface area contributed by atoms with Crippen molar-refractivity contribution in [3.05, 3.63) is 54.4 Å². The first-order valence-corrected chi connectivity index (χ1v) is 12.2. The van der Waals surface area contributed by atoms with Crippen molar-refractivity contribution in [2.75, 3.05) is 31.6 Å². The monoisotopic (exact) mass is 458 g/mol. The Morgan fingerprint density at radius 3 is 2.41 bits per heavy atom. The Morgan fingerprint density at radius 1 is 1.19 bits per heavy atom. The van der Waals surface area contributed by atoms with E-state index in [0.717, 1.165) is 5.56 Å². The van der Waals surface area contributed by atoms with Crippen LogP contribution < -0.4 is 4.90 Å². The highest BCUT2D eigenvalue weighted by atomic mass is 32.2. The molecule has 2 aromatic rings. The van der Waals surface area contributed by atoms with E-state index in [4.69, 9.17) is 0 Å². The molecule has 1 aromatic carbocycles. The minimum atomic E-state index is -3.56. The maximum atomic E-state index is 13.1. The number of anilines is 1. The molecule has 8 nitrogen and oxygen atoms in total. The van der Waals surface area contributed by atoms with Crippen LogP contribution in [-0.4, -0.2) is 61.1 Å². The smallest absolute Gasteiger partial charge is 0.243 e. The zero-order chi connectivity index (χ0) is 23.5. The van der Waals surface area contributed by atoms with E-state index in [-0.39, 0.29) is 35.7 Å². The van der Waals surface area contributed by atoms with Crippen LogP contribution in [0.1, 0.15) is 38.8 Å². The molecule has 1 aliphatic heterocycles. The first kappa shape index (κ1) is 23.9. The second-order valence-electron chi connectivity index (χ2n) is 7.90. The number of amides is 2. The number of rotatable bonds is 8. The van der Waals surface area contributed by atoms with Crippen LogP contribution in [-0.2, 0) is 19.6 Å². The van der Waals surface area contributed by atoms with Gasteiger partial charge in [0.15, 0.2) is 0 Å². The number of aromatic nitrogens is 1. The number of hydrogen-bond donors (Lipinski definition) is 0. The number of benzene rings is 1. The maximum absolute atomic E-state index is 13.1. The van der Waals surface area contributed by atoms with Crippen molar-refractivity contribution >= 4 is 27.5 Å². The Hall–Kier alpha value is -2.78. The molecule has 9 heteroatoms. The van der Waals surface area contributed by atoms with Gasteiger partial charge >= 0.3 is 0 Å². The van der Waals surface area contributed by atoms with E-state index in [1.165, 1.54) is 16.4 Å². The van der Waals surface area contributed by atoms with Gasteiger partial charge in [-0.05, 0) is 42.8 Å². The topological polar surface area (TPSA) is 90.9 Å². The molecule has 172 valence electrons. The van der Waals surface area contributed by atoms with E-state index in [9.17, 15) is 18.0 Å². The van der Waals surface area contributed by atoms with Crippen molar-refractivity contribution in [1.82, 2.24) is 14.2 Å². The highest BCUT2D eigenvalue weighted by Crippen LogP contribution is 2.29. The number of hydrogen-bond acceptors (Lipinski definition) is 5. The lowest BCUT2D eigenvalue weighted by Crippen LogP contribution is -2.36. The fourth-order valence-electron chi connectivity index (χ4n) is 3.96. The van der Waals surface area contributed by atoms with Crippen LogP contribution in [0.2, 0.25) is 0 Å². The van der Waals surface area contributed by atoms with Crippen LogP contribution >= 0.6 is 0 Å². The molecule has 0 N–H and O–H groups in total. The van der Waals surface area contributed by atoms with Crippen molar-refractivity contribution in [2.24, 2.45) is 5.92 Å². The number of sulfonamides is 1. The lowest BCUT2D eigenvalue weighted by Gasteiger charge is -2.27. The molecule has 1 saturated heterocycles. The van der Waals surface area contributed by atoms with E-state index in [0.29, 0.717) is 18.8 Å². The molecule has 1 aliphatic rings. The van der Waals surface area contributed by atoms with E-state index >= 15 is 0 Å². The largest absolute Gasteiger partial charge is 0.339 e.